The summed E-state index contributed by atoms with van der Waals surface area (Å²) in [5.74, 6) is -1.27. The normalized spacial score (nSPS) is 11.3. The van der Waals surface area contributed by atoms with Crippen LogP contribution in [0.3, 0.4) is 0 Å². The Bertz CT molecular complexity index is 1050. The van der Waals surface area contributed by atoms with E-state index < -0.39 is 5.97 Å². The molecule has 1 heterocycles. The van der Waals surface area contributed by atoms with Crippen molar-refractivity contribution < 1.29 is 9.90 Å². The highest BCUT2D eigenvalue weighted by Crippen LogP contribution is 2.19. The van der Waals surface area contributed by atoms with Gasteiger partial charge in [0.05, 0.1) is 17.0 Å². The Hall–Kier alpha value is -2.73. The number of rotatable bonds is 4. The van der Waals surface area contributed by atoms with Crippen LogP contribution in [0.4, 0.5) is 0 Å². The Morgan fingerprint density at radius 3 is 2.68 bits per heavy atom. The highest BCUT2D eigenvalue weighted by molar-refractivity contribution is 9.10. The Kier molecular flexibility index (Phi) is 4.81. The van der Waals surface area contributed by atoms with E-state index in [0.29, 0.717) is 17.6 Å². The molecule has 0 fully saturated rings. The van der Waals surface area contributed by atoms with E-state index in [4.69, 9.17) is 0 Å². The third-order valence-corrected chi connectivity index (χ3v) is 4.57. The molecule has 3 rings (SSSR count). The summed E-state index contributed by atoms with van der Waals surface area (Å²) in [6, 6.07) is 12.0. The molecule has 0 N–H and O–H groups in total. The number of nitrogens with zero attached hydrogens (tertiary/aromatic N) is 2. The van der Waals surface area contributed by atoms with Crippen LogP contribution in [0.1, 0.15) is 28.5 Å². The third kappa shape index (κ3) is 3.39. The van der Waals surface area contributed by atoms with Crippen molar-refractivity contribution >= 4 is 45.1 Å². The molecule has 0 amide bonds. The second kappa shape index (κ2) is 7.03. The quantitative estimate of drug-likeness (QED) is 0.678. The number of hydrogen-bond acceptors (Lipinski definition) is 4. The molecule has 1 aromatic heterocycles. The number of halogens is 1. The second-order valence-electron chi connectivity index (χ2n) is 5.39. The van der Waals surface area contributed by atoms with Gasteiger partial charge in [0, 0.05) is 11.0 Å². The van der Waals surface area contributed by atoms with Crippen LogP contribution in [0.5, 0.6) is 0 Å². The summed E-state index contributed by atoms with van der Waals surface area (Å²) < 4.78 is 2.48. The lowest BCUT2D eigenvalue weighted by Gasteiger charge is -2.10. The van der Waals surface area contributed by atoms with Crippen molar-refractivity contribution in [2.24, 2.45) is 0 Å². The van der Waals surface area contributed by atoms with E-state index in [0.717, 1.165) is 10.0 Å². The molecule has 5 nitrogen and oxygen atoms in total. The van der Waals surface area contributed by atoms with Crippen molar-refractivity contribution in [3.05, 3.63) is 74.1 Å². The highest BCUT2D eigenvalue weighted by Gasteiger charge is 2.09. The van der Waals surface area contributed by atoms with Crippen molar-refractivity contribution in [1.29, 1.82) is 0 Å². The molecule has 0 radical (unpaired) electrons. The molecule has 6 heteroatoms. The van der Waals surface area contributed by atoms with Gasteiger partial charge >= 0.3 is 0 Å². The Morgan fingerprint density at radius 2 is 2.00 bits per heavy atom. The molecule has 25 heavy (non-hydrogen) atoms. The minimum Gasteiger partial charge on any atom is -0.545 e. The molecule has 3 aromatic rings. The first kappa shape index (κ1) is 17.1. The molecule has 2 aromatic carbocycles. The van der Waals surface area contributed by atoms with Gasteiger partial charge in [0.1, 0.15) is 5.69 Å². The van der Waals surface area contributed by atoms with E-state index in [1.54, 1.807) is 22.8 Å². The smallest absolute Gasteiger partial charge is 0.276 e. The number of hydrogen-bond donors (Lipinski definition) is 0. The zero-order valence-electron chi connectivity index (χ0n) is 13.4. The first-order chi connectivity index (χ1) is 12.0. The maximum Gasteiger partial charge on any atom is 0.276 e. The van der Waals surface area contributed by atoms with Crippen LogP contribution < -0.4 is 10.7 Å². The van der Waals surface area contributed by atoms with Crippen molar-refractivity contribution in [3.8, 4) is 0 Å². The molecule has 0 saturated heterocycles. The molecule has 0 atom stereocenters. The minimum absolute atomic E-state index is 0.0297. The number of benzene rings is 2. The van der Waals surface area contributed by atoms with Gasteiger partial charge in [0.2, 0.25) is 0 Å². The number of aryl methyl sites for hydroxylation is 1. The van der Waals surface area contributed by atoms with E-state index in [9.17, 15) is 14.7 Å². The van der Waals surface area contributed by atoms with Gasteiger partial charge in [-0.3, -0.25) is 4.79 Å². The fourth-order valence-corrected chi connectivity index (χ4v) is 3.01. The topological polar surface area (TPSA) is 75.0 Å². The summed E-state index contributed by atoms with van der Waals surface area (Å²) in [5.41, 5.74) is 2.00. The van der Waals surface area contributed by atoms with Gasteiger partial charge in [-0.1, -0.05) is 46.3 Å². The fraction of sp³-hybridized carbons (Fsp3) is 0.105. The Labute approximate surface area is 152 Å². The molecular formula is C19H14BrN2O3-. The molecule has 0 saturated carbocycles. The van der Waals surface area contributed by atoms with Gasteiger partial charge in [-0.2, -0.15) is 0 Å². The lowest BCUT2D eigenvalue weighted by atomic mass is 10.1. The lowest BCUT2D eigenvalue weighted by Crippen LogP contribution is -2.25. The van der Waals surface area contributed by atoms with E-state index in [1.165, 1.54) is 12.1 Å². The number of aromatic carboxylic acids is 1. The van der Waals surface area contributed by atoms with Crippen molar-refractivity contribution in [2.75, 3.05) is 0 Å². The first-order valence-corrected chi connectivity index (χ1v) is 8.49. The van der Waals surface area contributed by atoms with Crippen molar-refractivity contribution in [3.63, 3.8) is 0 Å². The standard InChI is InChI=1S/C19H15BrN2O3/c1-2-22-17-10-8-13(19(24)25)11-16(17)21-15(18(22)23)9-7-12-5-3-4-6-14(12)20/h3-11H,2H2,1H3,(H,24,25)/p-1/b9-7+. The van der Waals surface area contributed by atoms with Gasteiger partial charge in [0.25, 0.3) is 5.56 Å². The number of carbonyl (C=O) groups excluding carboxylic acids is 1. The summed E-state index contributed by atoms with van der Waals surface area (Å²) in [6.45, 7) is 2.31. The molecule has 0 spiro atoms. The lowest BCUT2D eigenvalue weighted by molar-refractivity contribution is -0.255. The van der Waals surface area contributed by atoms with Crippen molar-refractivity contribution in [2.45, 2.75) is 13.5 Å². The van der Waals surface area contributed by atoms with Crippen LogP contribution in [-0.2, 0) is 6.54 Å². The Morgan fingerprint density at radius 1 is 1.24 bits per heavy atom. The highest BCUT2D eigenvalue weighted by atomic mass is 79.9. The molecule has 126 valence electrons. The number of fused-ring (bicyclic) bond motifs is 1. The van der Waals surface area contributed by atoms with Gasteiger partial charge < -0.3 is 14.5 Å². The maximum absolute atomic E-state index is 12.6. The van der Waals surface area contributed by atoms with Crippen LogP contribution in [-0.4, -0.2) is 15.5 Å². The summed E-state index contributed by atoms with van der Waals surface area (Å²) in [6.07, 6.45) is 3.43. The monoisotopic (exact) mass is 397 g/mol. The van der Waals surface area contributed by atoms with Crippen LogP contribution in [0.25, 0.3) is 23.2 Å². The zero-order chi connectivity index (χ0) is 18.0. The number of carboxylic acid groups (broad SMARTS) is 1. The predicted octanol–water partition coefficient (Wildman–Crippen LogP) is 2.71. The molecule has 0 aliphatic heterocycles. The minimum atomic E-state index is -1.27. The van der Waals surface area contributed by atoms with Crippen LogP contribution in [0, 0.1) is 0 Å². The predicted molar refractivity (Wildman–Crippen MR) is 99.1 cm³/mol. The van der Waals surface area contributed by atoms with Crippen LogP contribution in [0.2, 0.25) is 0 Å². The largest absolute Gasteiger partial charge is 0.545 e. The van der Waals surface area contributed by atoms with Crippen LogP contribution >= 0.6 is 15.9 Å². The SMILES string of the molecule is CCn1c(=O)c(/C=C/c2ccccc2Br)nc2cc(C(=O)[O-])ccc21. The zero-order valence-corrected chi connectivity index (χ0v) is 15.0. The van der Waals surface area contributed by atoms with E-state index >= 15 is 0 Å². The first-order valence-electron chi connectivity index (χ1n) is 7.70. The molecule has 0 bridgehead atoms. The van der Waals surface area contributed by atoms with E-state index in [2.05, 4.69) is 20.9 Å². The number of carboxylic acids is 1. The van der Waals surface area contributed by atoms with Gasteiger partial charge in [-0.15, -0.1) is 0 Å². The summed E-state index contributed by atoms with van der Waals surface area (Å²) in [4.78, 5) is 28.1. The van der Waals surface area contributed by atoms with Gasteiger partial charge in [-0.25, -0.2) is 4.98 Å². The molecule has 0 unspecified atom stereocenters. The molecular weight excluding hydrogens is 384 g/mol. The van der Waals surface area contributed by atoms with E-state index in [-0.39, 0.29) is 16.8 Å². The third-order valence-electron chi connectivity index (χ3n) is 3.85. The van der Waals surface area contributed by atoms with E-state index in [1.807, 2.05) is 31.2 Å². The van der Waals surface area contributed by atoms with Gasteiger partial charge in [0.15, 0.2) is 0 Å². The van der Waals surface area contributed by atoms with Crippen molar-refractivity contribution in [1.82, 2.24) is 9.55 Å². The van der Waals surface area contributed by atoms with Crippen LogP contribution in [0.15, 0.2) is 51.7 Å². The summed E-state index contributed by atoms with van der Waals surface area (Å²) in [7, 11) is 0. The average Bonchev–Trinajstić information content (AvgIpc) is 2.60. The summed E-state index contributed by atoms with van der Waals surface area (Å²) in [5, 5.41) is 11.1. The average molecular weight is 398 g/mol. The fourth-order valence-electron chi connectivity index (χ4n) is 2.59. The Balaban J connectivity index is 2.17. The number of carbonyl (C=O) groups is 1. The van der Waals surface area contributed by atoms with Gasteiger partial charge in [-0.05, 0) is 42.3 Å². The maximum atomic E-state index is 12.6. The summed E-state index contributed by atoms with van der Waals surface area (Å²) >= 11 is 3.45. The molecule has 0 aliphatic rings. The molecule has 0 aliphatic carbocycles. The second-order valence-corrected chi connectivity index (χ2v) is 6.25. The number of aromatic nitrogens is 2.